The van der Waals surface area contributed by atoms with Gasteiger partial charge in [-0.2, -0.15) is 10.5 Å². The van der Waals surface area contributed by atoms with Gasteiger partial charge < -0.3 is 4.90 Å². The van der Waals surface area contributed by atoms with Crippen molar-refractivity contribution in [2.45, 2.75) is 13.5 Å². The van der Waals surface area contributed by atoms with Gasteiger partial charge in [0.1, 0.15) is 17.7 Å². The van der Waals surface area contributed by atoms with Crippen molar-refractivity contribution in [1.82, 2.24) is 9.80 Å². The van der Waals surface area contributed by atoms with Gasteiger partial charge in [-0.15, -0.1) is 0 Å². The van der Waals surface area contributed by atoms with Crippen LogP contribution in [0.4, 0.5) is 0 Å². The summed E-state index contributed by atoms with van der Waals surface area (Å²) in [5.41, 5.74) is 2.30. The number of hydrogen-bond donors (Lipinski definition) is 0. The summed E-state index contributed by atoms with van der Waals surface area (Å²) in [5.74, 6) is 0. The van der Waals surface area contributed by atoms with Gasteiger partial charge in [0.15, 0.2) is 0 Å². The van der Waals surface area contributed by atoms with Crippen LogP contribution >= 0.6 is 0 Å². The summed E-state index contributed by atoms with van der Waals surface area (Å²) in [6.07, 6.45) is 1.61. The minimum absolute atomic E-state index is 0.137. The highest BCUT2D eigenvalue weighted by molar-refractivity contribution is 5.61. The van der Waals surface area contributed by atoms with Crippen LogP contribution in [0.5, 0.6) is 0 Å². The van der Waals surface area contributed by atoms with Crippen LogP contribution < -0.4 is 0 Å². The number of allylic oxidation sites excluding steroid dienone is 1. The van der Waals surface area contributed by atoms with Crippen LogP contribution in [0, 0.1) is 22.7 Å². The second-order valence-corrected chi connectivity index (χ2v) is 5.23. The van der Waals surface area contributed by atoms with Gasteiger partial charge in [-0.3, -0.25) is 4.90 Å². The fraction of sp³-hybridized carbons (Fsp3) is 0.412. The molecule has 1 heterocycles. The lowest BCUT2D eigenvalue weighted by Crippen LogP contribution is -2.45. The predicted molar refractivity (Wildman–Crippen MR) is 83.0 cm³/mol. The molecule has 108 valence electrons. The summed E-state index contributed by atoms with van der Waals surface area (Å²) < 4.78 is 0. The molecule has 0 unspecified atom stereocenters. The first kappa shape index (κ1) is 15.3. The molecule has 0 N–H and O–H groups in total. The van der Waals surface area contributed by atoms with Crippen molar-refractivity contribution in [2.75, 3.05) is 32.7 Å². The molecule has 1 aliphatic rings. The number of benzene rings is 1. The Balaban J connectivity index is 1.93. The maximum atomic E-state index is 8.75. The first-order valence-corrected chi connectivity index (χ1v) is 7.30. The summed E-state index contributed by atoms with van der Waals surface area (Å²) in [5, 5.41) is 17.5. The van der Waals surface area contributed by atoms with E-state index in [0.29, 0.717) is 0 Å². The standard InChI is InChI=1S/C17H20N4/c1-2-20-7-9-21(10-8-20)14-16-5-3-15(4-6-16)11-17(12-18)13-19/h3-6,11H,2,7-10,14H2,1H3. The maximum Gasteiger partial charge on any atom is 0.130 e. The van der Waals surface area contributed by atoms with Crippen molar-refractivity contribution in [3.63, 3.8) is 0 Å². The molecule has 1 saturated heterocycles. The first-order valence-electron chi connectivity index (χ1n) is 7.30. The number of nitrogens with zero attached hydrogens (tertiary/aromatic N) is 4. The van der Waals surface area contributed by atoms with Crippen molar-refractivity contribution in [1.29, 1.82) is 10.5 Å². The molecule has 0 bridgehead atoms. The second-order valence-electron chi connectivity index (χ2n) is 5.23. The highest BCUT2D eigenvalue weighted by atomic mass is 15.3. The van der Waals surface area contributed by atoms with Crippen LogP contribution in [-0.2, 0) is 6.54 Å². The summed E-state index contributed by atoms with van der Waals surface area (Å²) in [7, 11) is 0. The fourth-order valence-corrected chi connectivity index (χ4v) is 2.50. The Morgan fingerprint density at radius 3 is 2.14 bits per heavy atom. The minimum atomic E-state index is 0.137. The van der Waals surface area contributed by atoms with Crippen LogP contribution in [0.2, 0.25) is 0 Å². The average molecular weight is 280 g/mol. The summed E-state index contributed by atoms with van der Waals surface area (Å²) >= 11 is 0. The predicted octanol–water partition coefficient (Wildman–Crippen LogP) is 2.25. The van der Waals surface area contributed by atoms with Gasteiger partial charge in [0, 0.05) is 32.7 Å². The van der Waals surface area contributed by atoms with E-state index in [4.69, 9.17) is 10.5 Å². The molecule has 0 aromatic heterocycles. The topological polar surface area (TPSA) is 54.1 Å². The van der Waals surface area contributed by atoms with Crippen LogP contribution in [-0.4, -0.2) is 42.5 Å². The van der Waals surface area contributed by atoms with Crippen molar-refractivity contribution in [2.24, 2.45) is 0 Å². The zero-order valence-electron chi connectivity index (χ0n) is 12.4. The third-order valence-corrected chi connectivity index (χ3v) is 3.85. The quantitative estimate of drug-likeness (QED) is 0.794. The van der Waals surface area contributed by atoms with E-state index in [1.54, 1.807) is 6.08 Å². The molecule has 21 heavy (non-hydrogen) atoms. The average Bonchev–Trinajstić information content (AvgIpc) is 2.55. The van der Waals surface area contributed by atoms with Crippen molar-refractivity contribution >= 4 is 6.08 Å². The molecule has 0 spiro atoms. The van der Waals surface area contributed by atoms with Crippen LogP contribution in [0.15, 0.2) is 29.8 Å². The molecule has 0 radical (unpaired) electrons. The molecule has 1 fully saturated rings. The molecular weight excluding hydrogens is 260 g/mol. The van der Waals surface area contributed by atoms with Crippen molar-refractivity contribution in [3.8, 4) is 12.1 Å². The highest BCUT2D eigenvalue weighted by Crippen LogP contribution is 2.12. The van der Waals surface area contributed by atoms with Crippen LogP contribution in [0.1, 0.15) is 18.1 Å². The molecule has 0 amide bonds. The van der Waals surface area contributed by atoms with Crippen LogP contribution in [0.3, 0.4) is 0 Å². The van der Waals surface area contributed by atoms with Gasteiger partial charge in [-0.1, -0.05) is 31.2 Å². The number of nitriles is 2. The number of piperazine rings is 1. The van der Waals surface area contributed by atoms with E-state index in [9.17, 15) is 0 Å². The Bertz CT molecular complexity index is 550. The monoisotopic (exact) mass is 280 g/mol. The molecule has 4 heteroatoms. The van der Waals surface area contributed by atoms with Crippen molar-refractivity contribution in [3.05, 3.63) is 41.0 Å². The van der Waals surface area contributed by atoms with Gasteiger partial charge in [0.2, 0.25) is 0 Å². The third-order valence-electron chi connectivity index (χ3n) is 3.85. The number of likely N-dealkylation sites (N-methyl/N-ethyl adjacent to an activating group) is 1. The molecule has 4 nitrogen and oxygen atoms in total. The molecule has 1 aromatic rings. The Morgan fingerprint density at radius 1 is 1.05 bits per heavy atom. The van der Waals surface area contributed by atoms with E-state index in [1.807, 2.05) is 24.3 Å². The Kier molecular flexibility index (Phi) is 5.51. The molecule has 1 aromatic carbocycles. The van der Waals surface area contributed by atoms with E-state index in [1.165, 1.54) is 5.56 Å². The summed E-state index contributed by atoms with van der Waals surface area (Å²) in [4.78, 5) is 4.93. The largest absolute Gasteiger partial charge is 0.301 e. The van der Waals surface area contributed by atoms with Gasteiger partial charge in [-0.25, -0.2) is 0 Å². The maximum absolute atomic E-state index is 8.75. The van der Waals surface area contributed by atoms with Crippen LogP contribution in [0.25, 0.3) is 6.08 Å². The molecule has 1 aliphatic heterocycles. The first-order chi connectivity index (χ1) is 10.2. The van der Waals surface area contributed by atoms with E-state index >= 15 is 0 Å². The normalized spacial score (nSPS) is 16.0. The van der Waals surface area contributed by atoms with Crippen molar-refractivity contribution < 1.29 is 0 Å². The highest BCUT2D eigenvalue weighted by Gasteiger charge is 2.15. The fourth-order valence-electron chi connectivity index (χ4n) is 2.50. The Hall–Kier alpha value is -2.14. The Morgan fingerprint density at radius 2 is 1.62 bits per heavy atom. The minimum Gasteiger partial charge on any atom is -0.301 e. The number of hydrogen-bond acceptors (Lipinski definition) is 4. The molecular formula is C17H20N4. The van der Waals surface area contributed by atoms with Gasteiger partial charge in [0.25, 0.3) is 0 Å². The van der Waals surface area contributed by atoms with Gasteiger partial charge >= 0.3 is 0 Å². The molecule has 0 atom stereocenters. The summed E-state index contributed by atoms with van der Waals surface area (Å²) in [6.45, 7) is 8.82. The lowest BCUT2D eigenvalue weighted by Gasteiger charge is -2.34. The molecule has 0 saturated carbocycles. The lowest BCUT2D eigenvalue weighted by molar-refractivity contribution is 0.132. The van der Waals surface area contributed by atoms with E-state index in [2.05, 4.69) is 28.9 Å². The zero-order chi connectivity index (χ0) is 15.1. The Labute approximate surface area is 126 Å². The zero-order valence-corrected chi connectivity index (χ0v) is 12.4. The van der Waals surface area contributed by atoms with E-state index in [-0.39, 0.29) is 5.57 Å². The molecule has 2 rings (SSSR count). The SMILES string of the molecule is CCN1CCN(Cc2ccc(C=C(C#N)C#N)cc2)CC1. The van der Waals surface area contributed by atoms with E-state index in [0.717, 1.165) is 44.8 Å². The molecule has 0 aliphatic carbocycles. The van der Waals surface area contributed by atoms with Gasteiger partial charge in [0.05, 0.1) is 0 Å². The lowest BCUT2D eigenvalue weighted by atomic mass is 10.1. The second kappa shape index (κ2) is 7.59. The van der Waals surface area contributed by atoms with Gasteiger partial charge in [-0.05, 0) is 23.7 Å². The third kappa shape index (κ3) is 4.43. The smallest absolute Gasteiger partial charge is 0.130 e. The number of rotatable bonds is 4. The summed E-state index contributed by atoms with van der Waals surface area (Å²) in [6, 6.07) is 11.8. The van der Waals surface area contributed by atoms with E-state index < -0.39 is 0 Å².